The molecule has 298 valence electrons. The number of rotatable bonds is 33. The first-order valence-electron chi connectivity index (χ1n) is 20.7. The zero-order chi connectivity index (χ0) is 37.4. The molecule has 0 bridgehead atoms. The number of nitrogens with one attached hydrogen (secondary N) is 1. The minimum Gasteiger partial charge on any atom is -0.394 e. The van der Waals surface area contributed by atoms with E-state index in [0.29, 0.717) is 6.42 Å². The van der Waals surface area contributed by atoms with Crippen molar-refractivity contribution in [3.05, 3.63) is 36.5 Å². The van der Waals surface area contributed by atoms with Gasteiger partial charge >= 0.3 is 0 Å². The quantitative estimate of drug-likeness (QED) is 0.0298. The molecule has 1 saturated heterocycles. The Hall–Kier alpha value is -1.59. The van der Waals surface area contributed by atoms with Gasteiger partial charge in [0.1, 0.15) is 24.4 Å². The van der Waals surface area contributed by atoms with Gasteiger partial charge in [-0.2, -0.15) is 0 Å². The van der Waals surface area contributed by atoms with Crippen LogP contribution in [0, 0.1) is 0 Å². The summed E-state index contributed by atoms with van der Waals surface area (Å²) in [5.74, 6) is -0.194. The number of allylic oxidation sites excluding steroid dienone is 5. The highest BCUT2D eigenvalue weighted by molar-refractivity contribution is 5.76. The second-order valence-corrected chi connectivity index (χ2v) is 14.4. The normalized spacial score (nSPS) is 22.4. The lowest BCUT2D eigenvalue weighted by Gasteiger charge is -2.40. The predicted octanol–water partition coefficient (Wildman–Crippen LogP) is 7.72. The van der Waals surface area contributed by atoms with Crippen molar-refractivity contribution in [2.24, 2.45) is 0 Å². The molecule has 0 radical (unpaired) electrons. The Balaban J connectivity index is 2.44. The van der Waals surface area contributed by atoms with E-state index in [0.717, 1.165) is 64.2 Å². The zero-order valence-corrected chi connectivity index (χ0v) is 32.4. The van der Waals surface area contributed by atoms with Gasteiger partial charge in [0, 0.05) is 6.42 Å². The maximum Gasteiger partial charge on any atom is 0.220 e. The van der Waals surface area contributed by atoms with Crippen molar-refractivity contribution in [3.63, 3.8) is 0 Å². The lowest BCUT2D eigenvalue weighted by atomic mass is 9.99. The van der Waals surface area contributed by atoms with Crippen LogP contribution in [0.4, 0.5) is 0 Å². The monoisotopic (exact) mass is 724 g/mol. The fraction of sp³-hybridized carbons (Fsp3) is 0.833. The van der Waals surface area contributed by atoms with E-state index in [1.165, 1.54) is 83.5 Å². The van der Waals surface area contributed by atoms with Crippen LogP contribution in [-0.2, 0) is 14.3 Å². The fourth-order valence-electron chi connectivity index (χ4n) is 6.30. The molecule has 0 saturated carbocycles. The highest BCUT2D eigenvalue weighted by Crippen LogP contribution is 2.22. The molecule has 0 aromatic rings. The molecule has 1 amide bonds. The number of amides is 1. The highest BCUT2D eigenvalue weighted by atomic mass is 16.7. The maximum atomic E-state index is 12.9. The number of unbranched alkanes of at least 4 members (excludes halogenated alkanes) is 19. The lowest BCUT2D eigenvalue weighted by Crippen LogP contribution is -2.60. The number of hydrogen-bond donors (Lipinski definition) is 6. The van der Waals surface area contributed by atoms with Crippen molar-refractivity contribution in [3.8, 4) is 0 Å². The molecule has 0 aliphatic carbocycles. The summed E-state index contributed by atoms with van der Waals surface area (Å²) >= 11 is 0. The van der Waals surface area contributed by atoms with Gasteiger partial charge in [-0.15, -0.1) is 0 Å². The summed E-state index contributed by atoms with van der Waals surface area (Å²) < 4.78 is 11.2. The summed E-state index contributed by atoms with van der Waals surface area (Å²) in [5, 5.41) is 54.0. The van der Waals surface area contributed by atoms with Gasteiger partial charge in [-0.25, -0.2) is 0 Å². The van der Waals surface area contributed by atoms with Crippen LogP contribution in [0.15, 0.2) is 36.5 Å². The Morgan fingerprint density at radius 3 is 1.73 bits per heavy atom. The average Bonchev–Trinajstić information content (AvgIpc) is 3.13. The first kappa shape index (κ1) is 47.4. The van der Waals surface area contributed by atoms with E-state index >= 15 is 0 Å². The molecule has 1 aliphatic heterocycles. The number of ether oxygens (including phenoxy) is 2. The number of aliphatic hydroxyl groups is 5. The Morgan fingerprint density at radius 2 is 1.16 bits per heavy atom. The summed E-state index contributed by atoms with van der Waals surface area (Å²) in [4.78, 5) is 12.9. The van der Waals surface area contributed by atoms with E-state index in [-0.39, 0.29) is 12.5 Å². The SMILES string of the molecule is CCCCC/C=C\C/C=C\CCCCCCCC(=O)N[C@@H](CO[C@@H]1O[C@H](CO)[C@@H](O)[C@H](O)[C@H]1O)[C@H](O)/C=C/CCCCCCCCCCCCC. The van der Waals surface area contributed by atoms with E-state index in [9.17, 15) is 30.3 Å². The van der Waals surface area contributed by atoms with Crippen LogP contribution in [0.25, 0.3) is 0 Å². The fourth-order valence-corrected chi connectivity index (χ4v) is 6.30. The molecule has 0 spiro atoms. The molecule has 7 atom stereocenters. The molecule has 0 unspecified atom stereocenters. The number of carbonyl (C=O) groups excluding carboxylic acids is 1. The maximum absolute atomic E-state index is 12.9. The summed E-state index contributed by atoms with van der Waals surface area (Å²) in [6, 6.07) is -0.809. The van der Waals surface area contributed by atoms with E-state index < -0.39 is 49.5 Å². The molecule has 1 rings (SSSR count). The van der Waals surface area contributed by atoms with Crippen LogP contribution >= 0.6 is 0 Å². The third kappa shape index (κ3) is 24.4. The van der Waals surface area contributed by atoms with Crippen molar-refractivity contribution >= 4 is 5.91 Å². The summed E-state index contributed by atoms with van der Waals surface area (Å²) in [5.41, 5.74) is 0. The Bertz CT molecular complexity index is 894. The van der Waals surface area contributed by atoms with E-state index in [4.69, 9.17) is 9.47 Å². The number of carbonyl (C=O) groups is 1. The van der Waals surface area contributed by atoms with Gasteiger partial charge in [0.2, 0.25) is 5.91 Å². The van der Waals surface area contributed by atoms with Crippen molar-refractivity contribution in [1.29, 1.82) is 0 Å². The van der Waals surface area contributed by atoms with E-state index in [1.54, 1.807) is 6.08 Å². The first-order chi connectivity index (χ1) is 24.8. The second-order valence-electron chi connectivity index (χ2n) is 14.4. The zero-order valence-electron chi connectivity index (χ0n) is 32.4. The smallest absolute Gasteiger partial charge is 0.220 e. The van der Waals surface area contributed by atoms with Crippen LogP contribution in [-0.4, -0.2) is 87.5 Å². The van der Waals surface area contributed by atoms with Crippen molar-refractivity contribution in [2.75, 3.05) is 13.2 Å². The van der Waals surface area contributed by atoms with Gasteiger partial charge in [0.15, 0.2) is 6.29 Å². The Morgan fingerprint density at radius 1 is 0.667 bits per heavy atom. The summed E-state index contributed by atoms with van der Waals surface area (Å²) in [7, 11) is 0. The van der Waals surface area contributed by atoms with Crippen LogP contribution in [0.5, 0.6) is 0 Å². The Kier molecular flexibility index (Phi) is 30.7. The van der Waals surface area contributed by atoms with Gasteiger partial charge < -0.3 is 40.3 Å². The molecule has 1 heterocycles. The van der Waals surface area contributed by atoms with Crippen molar-refractivity contribution in [1.82, 2.24) is 5.32 Å². The minimum absolute atomic E-state index is 0.194. The first-order valence-corrected chi connectivity index (χ1v) is 20.7. The predicted molar refractivity (Wildman–Crippen MR) is 207 cm³/mol. The van der Waals surface area contributed by atoms with Crippen LogP contribution < -0.4 is 5.32 Å². The average molecular weight is 724 g/mol. The highest BCUT2D eigenvalue weighted by Gasteiger charge is 2.44. The molecular formula is C42H77NO8. The van der Waals surface area contributed by atoms with Gasteiger partial charge in [-0.3, -0.25) is 4.79 Å². The van der Waals surface area contributed by atoms with Gasteiger partial charge in [0.05, 0.1) is 25.4 Å². The molecule has 0 aromatic carbocycles. The van der Waals surface area contributed by atoms with Crippen LogP contribution in [0.1, 0.15) is 168 Å². The summed E-state index contributed by atoms with van der Waals surface area (Å²) in [6.07, 6.45) is 31.8. The summed E-state index contributed by atoms with van der Waals surface area (Å²) in [6.45, 7) is 3.71. The van der Waals surface area contributed by atoms with E-state index in [1.807, 2.05) is 6.08 Å². The Labute approximate surface area is 311 Å². The van der Waals surface area contributed by atoms with Gasteiger partial charge in [-0.05, 0) is 51.4 Å². The molecule has 1 aliphatic rings. The number of hydrogen-bond acceptors (Lipinski definition) is 8. The molecular weight excluding hydrogens is 646 g/mol. The number of aliphatic hydroxyl groups excluding tert-OH is 5. The van der Waals surface area contributed by atoms with Gasteiger partial charge in [-0.1, -0.05) is 147 Å². The third-order valence-electron chi connectivity index (χ3n) is 9.71. The van der Waals surface area contributed by atoms with Crippen molar-refractivity contribution in [2.45, 2.75) is 211 Å². The van der Waals surface area contributed by atoms with Crippen molar-refractivity contribution < 1.29 is 39.8 Å². The molecule has 9 heteroatoms. The third-order valence-corrected chi connectivity index (χ3v) is 9.71. The molecule has 0 aromatic heterocycles. The van der Waals surface area contributed by atoms with E-state index in [2.05, 4.69) is 43.5 Å². The second kappa shape index (κ2) is 33.0. The molecule has 9 nitrogen and oxygen atoms in total. The largest absolute Gasteiger partial charge is 0.394 e. The van der Waals surface area contributed by atoms with Crippen LogP contribution in [0.2, 0.25) is 0 Å². The van der Waals surface area contributed by atoms with Gasteiger partial charge in [0.25, 0.3) is 0 Å². The molecule has 1 fully saturated rings. The topological polar surface area (TPSA) is 149 Å². The standard InChI is InChI=1S/C42H77NO8/c1-3-5-7-9-11-13-15-17-18-20-22-24-26-28-30-32-38(46)43-35(34-50-42-41(49)40(48)39(47)37(33-44)51-42)36(45)31-29-27-25-23-21-19-16-14-12-10-8-6-4-2/h11,13,17-18,29,31,35-37,39-42,44-45,47-49H,3-10,12,14-16,19-28,30,32-34H2,1-2H3,(H,43,46)/b13-11-,18-17-,31-29+/t35-,36+,37+,39+,40-,41+,42+/m0/s1. The lowest BCUT2D eigenvalue weighted by molar-refractivity contribution is -0.302. The molecule has 6 N–H and O–H groups in total. The van der Waals surface area contributed by atoms with Crippen LogP contribution in [0.3, 0.4) is 0 Å². The minimum atomic E-state index is -1.57. The molecule has 51 heavy (non-hydrogen) atoms.